The Morgan fingerprint density at radius 2 is 1.20 bits per heavy atom. The molecule has 2 aliphatic heterocycles. The third kappa shape index (κ3) is 5.71. The number of fused-ring (bicyclic) bond motifs is 2. The van der Waals surface area contributed by atoms with Gasteiger partial charge in [-0.2, -0.15) is 0 Å². The zero-order chi connectivity index (χ0) is 29.1. The summed E-state index contributed by atoms with van der Waals surface area (Å²) in [5.74, 6) is -8.46. The van der Waals surface area contributed by atoms with Gasteiger partial charge in [-0.25, -0.2) is 9.59 Å². The van der Waals surface area contributed by atoms with Crippen LogP contribution in [0.2, 0.25) is 0 Å². The van der Waals surface area contributed by atoms with Gasteiger partial charge in [0.25, 0.3) is 0 Å². The molecule has 13 nitrogen and oxygen atoms in total. The van der Waals surface area contributed by atoms with E-state index in [0.717, 1.165) is 0 Å². The van der Waals surface area contributed by atoms with Gasteiger partial charge in [-0.15, -0.1) is 0 Å². The SMILES string of the molecule is CCOC(=O)C1(O)CC(=O)c2c(OCC(O)COc3cccc4c3C(=O)CC(O)(C(=O)OCC)O4)cccc2O1. The molecule has 4 rings (SSSR count). The fourth-order valence-electron chi connectivity index (χ4n) is 4.17. The lowest BCUT2D eigenvalue weighted by molar-refractivity contribution is -0.200. The number of aliphatic hydroxyl groups is 3. The molecule has 0 bridgehead atoms. The van der Waals surface area contributed by atoms with Crippen LogP contribution in [-0.2, 0) is 19.1 Å². The number of carbonyl (C=O) groups excluding carboxylic acids is 4. The van der Waals surface area contributed by atoms with Gasteiger partial charge < -0.3 is 43.7 Å². The first kappa shape index (κ1) is 28.8. The van der Waals surface area contributed by atoms with Gasteiger partial charge in [0, 0.05) is 0 Å². The normalized spacial score (nSPS) is 22.1. The second-order valence-corrected chi connectivity index (χ2v) is 8.95. The summed E-state index contributed by atoms with van der Waals surface area (Å²) in [5.41, 5.74) is -0.0305. The van der Waals surface area contributed by atoms with E-state index in [1.54, 1.807) is 13.8 Å². The summed E-state index contributed by atoms with van der Waals surface area (Å²) in [5, 5.41) is 31.4. The van der Waals surface area contributed by atoms with Crippen LogP contribution in [0.1, 0.15) is 47.4 Å². The Morgan fingerprint density at radius 3 is 1.57 bits per heavy atom. The second-order valence-electron chi connectivity index (χ2n) is 8.95. The highest BCUT2D eigenvalue weighted by molar-refractivity contribution is 6.06. The summed E-state index contributed by atoms with van der Waals surface area (Å²) < 4.78 is 31.5. The van der Waals surface area contributed by atoms with E-state index in [1.807, 2.05) is 0 Å². The van der Waals surface area contributed by atoms with Crippen LogP contribution in [0.3, 0.4) is 0 Å². The molecule has 0 aromatic heterocycles. The van der Waals surface area contributed by atoms with Crippen molar-refractivity contribution >= 4 is 23.5 Å². The van der Waals surface area contributed by atoms with E-state index in [2.05, 4.69) is 0 Å². The standard InChI is InChI=1S/C27H28O13/c1-3-35-24(31)26(33)11-16(29)22-18(7-5-9-20(22)39-26)37-13-15(28)14-38-19-8-6-10-21-23(19)17(30)12-27(34,40-21)25(32)36-4-2/h5-10,15,28,33-34H,3-4,11-14H2,1-2H3. The van der Waals surface area contributed by atoms with Crippen molar-refractivity contribution in [2.45, 2.75) is 44.4 Å². The number of hydrogen-bond acceptors (Lipinski definition) is 13. The van der Waals surface area contributed by atoms with Gasteiger partial charge in [-0.05, 0) is 38.1 Å². The van der Waals surface area contributed by atoms with Crippen molar-refractivity contribution in [2.75, 3.05) is 26.4 Å². The maximum Gasteiger partial charge on any atom is 0.380 e. The first-order chi connectivity index (χ1) is 19.0. The number of rotatable bonds is 10. The molecule has 2 heterocycles. The van der Waals surface area contributed by atoms with E-state index in [0.29, 0.717) is 0 Å². The summed E-state index contributed by atoms with van der Waals surface area (Å²) in [7, 11) is 0. The van der Waals surface area contributed by atoms with Crippen LogP contribution in [0.25, 0.3) is 0 Å². The number of aliphatic hydroxyl groups excluding tert-OH is 1. The van der Waals surface area contributed by atoms with Gasteiger partial charge in [0.05, 0.1) is 26.1 Å². The van der Waals surface area contributed by atoms with Gasteiger partial charge in [-0.3, -0.25) is 9.59 Å². The van der Waals surface area contributed by atoms with Crippen LogP contribution in [0.15, 0.2) is 36.4 Å². The Morgan fingerprint density at radius 1 is 0.800 bits per heavy atom. The Hall–Kier alpha value is -4.20. The van der Waals surface area contributed by atoms with Crippen molar-refractivity contribution in [1.82, 2.24) is 0 Å². The lowest BCUT2D eigenvalue weighted by atomic mass is 9.97. The molecule has 2 atom stereocenters. The lowest BCUT2D eigenvalue weighted by Gasteiger charge is -2.31. The smallest absolute Gasteiger partial charge is 0.380 e. The number of Topliss-reactive ketones (excluding diaryl/α,β-unsaturated/α-hetero) is 2. The zero-order valence-corrected chi connectivity index (χ0v) is 21.7. The van der Waals surface area contributed by atoms with Crippen LogP contribution in [0.4, 0.5) is 0 Å². The van der Waals surface area contributed by atoms with E-state index >= 15 is 0 Å². The highest BCUT2D eigenvalue weighted by atomic mass is 16.7. The van der Waals surface area contributed by atoms with E-state index in [9.17, 15) is 34.5 Å². The minimum absolute atomic E-state index is 0.0152. The fourth-order valence-corrected chi connectivity index (χ4v) is 4.17. The zero-order valence-electron chi connectivity index (χ0n) is 21.7. The van der Waals surface area contributed by atoms with E-state index in [4.69, 9.17) is 28.4 Å². The lowest BCUT2D eigenvalue weighted by Crippen LogP contribution is -2.50. The summed E-state index contributed by atoms with van der Waals surface area (Å²) in [6.07, 6.45) is -2.62. The number of carbonyl (C=O) groups is 4. The molecule has 214 valence electrons. The summed E-state index contributed by atoms with van der Waals surface area (Å²) in [4.78, 5) is 49.7. The topological polar surface area (TPSA) is 184 Å². The average Bonchev–Trinajstić information content (AvgIpc) is 2.90. The fraction of sp³-hybridized carbons (Fsp3) is 0.407. The second kappa shape index (κ2) is 11.5. The predicted molar refractivity (Wildman–Crippen MR) is 132 cm³/mol. The van der Waals surface area contributed by atoms with Gasteiger partial charge in [0.1, 0.15) is 53.4 Å². The third-order valence-corrected chi connectivity index (χ3v) is 5.94. The molecule has 3 N–H and O–H groups in total. The van der Waals surface area contributed by atoms with Crippen LogP contribution in [0.5, 0.6) is 23.0 Å². The molecule has 0 fully saturated rings. The minimum atomic E-state index is -2.46. The van der Waals surface area contributed by atoms with E-state index in [-0.39, 0.29) is 60.6 Å². The first-order valence-electron chi connectivity index (χ1n) is 12.4. The molecule has 0 saturated carbocycles. The van der Waals surface area contributed by atoms with Crippen molar-refractivity contribution in [1.29, 1.82) is 0 Å². The number of benzene rings is 2. The average molecular weight is 561 g/mol. The molecular weight excluding hydrogens is 532 g/mol. The quantitative estimate of drug-likeness (QED) is 0.349. The molecule has 0 amide bonds. The molecule has 2 unspecified atom stereocenters. The van der Waals surface area contributed by atoms with Crippen molar-refractivity contribution < 1.29 is 62.9 Å². The number of hydrogen-bond donors (Lipinski definition) is 3. The highest BCUT2D eigenvalue weighted by Crippen LogP contribution is 2.39. The maximum absolute atomic E-state index is 12.8. The Labute approximate surface area is 228 Å². The number of ketones is 2. The van der Waals surface area contributed by atoms with Crippen LogP contribution in [-0.4, -0.2) is 82.9 Å². The molecule has 0 radical (unpaired) electrons. The molecule has 0 aliphatic carbocycles. The minimum Gasteiger partial charge on any atom is -0.490 e. The van der Waals surface area contributed by atoms with Crippen molar-refractivity contribution in [3.05, 3.63) is 47.5 Å². The van der Waals surface area contributed by atoms with Gasteiger partial charge in [-0.1, -0.05) is 12.1 Å². The molecule has 2 aromatic rings. The van der Waals surface area contributed by atoms with E-state index < -0.39 is 54.0 Å². The monoisotopic (exact) mass is 560 g/mol. The number of esters is 2. The third-order valence-electron chi connectivity index (χ3n) is 5.94. The molecule has 13 heteroatoms. The number of ether oxygens (including phenoxy) is 6. The summed E-state index contributed by atoms with van der Waals surface area (Å²) in [6, 6.07) is 8.61. The van der Waals surface area contributed by atoms with Gasteiger partial charge in [0.15, 0.2) is 11.6 Å². The van der Waals surface area contributed by atoms with Gasteiger partial charge >= 0.3 is 23.5 Å². The van der Waals surface area contributed by atoms with Crippen LogP contribution in [0, 0.1) is 0 Å². The Balaban J connectivity index is 1.40. The van der Waals surface area contributed by atoms with Crippen LogP contribution >= 0.6 is 0 Å². The summed E-state index contributed by atoms with van der Waals surface area (Å²) >= 11 is 0. The molecule has 2 aromatic carbocycles. The Bertz CT molecular complexity index is 1220. The predicted octanol–water partition coefficient (Wildman–Crippen LogP) is 0.939. The molecule has 2 aliphatic rings. The molecular formula is C27H28O13. The van der Waals surface area contributed by atoms with Crippen molar-refractivity contribution in [3.63, 3.8) is 0 Å². The van der Waals surface area contributed by atoms with Crippen LogP contribution < -0.4 is 18.9 Å². The largest absolute Gasteiger partial charge is 0.490 e. The molecule has 0 saturated heterocycles. The molecule has 0 spiro atoms. The van der Waals surface area contributed by atoms with E-state index in [1.165, 1.54) is 36.4 Å². The molecule has 40 heavy (non-hydrogen) atoms. The van der Waals surface area contributed by atoms with Crippen molar-refractivity contribution in [2.24, 2.45) is 0 Å². The van der Waals surface area contributed by atoms with Gasteiger partial charge in [0.2, 0.25) is 0 Å². The highest BCUT2D eigenvalue weighted by Gasteiger charge is 2.49. The summed E-state index contributed by atoms with van der Waals surface area (Å²) in [6.45, 7) is 2.38. The maximum atomic E-state index is 12.8. The first-order valence-corrected chi connectivity index (χ1v) is 12.4. The Kier molecular flexibility index (Phi) is 8.28. The van der Waals surface area contributed by atoms with Crippen molar-refractivity contribution in [3.8, 4) is 23.0 Å².